The standard InChI is InChI=1S/C25H33F3O6SSi/c1-18(23(30)19(2)22(29)17-33-35(31,32)25(26,27)28)16-34-36(24(3,4)5,20-12-8-6-9-13-20)21-14-10-7-11-15-21/h6-15,18-19,22,29H,16-17H2,1-5H3/t18-,19-,22-/m0/s1. The quantitative estimate of drug-likeness (QED) is 0.263. The van der Waals surface area contributed by atoms with Crippen molar-refractivity contribution < 1.29 is 40.1 Å². The van der Waals surface area contributed by atoms with E-state index >= 15 is 0 Å². The van der Waals surface area contributed by atoms with Crippen LogP contribution < -0.4 is 10.4 Å². The summed E-state index contributed by atoms with van der Waals surface area (Å²) < 4.78 is 70.3. The van der Waals surface area contributed by atoms with E-state index in [1.807, 2.05) is 60.7 Å². The number of rotatable bonds is 11. The van der Waals surface area contributed by atoms with Crippen molar-refractivity contribution in [2.24, 2.45) is 11.8 Å². The predicted octanol–water partition coefficient (Wildman–Crippen LogP) is 3.63. The van der Waals surface area contributed by atoms with Crippen LogP contribution in [-0.4, -0.2) is 52.5 Å². The Kier molecular flexibility index (Phi) is 9.68. The van der Waals surface area contributed by atoms with Gasteiger partial charge in [0, 0.05) is 18.4 Å². The minimum atomic E-state index is -5.87. The van der Waals surface area contributed by atoms with Gasteiger partial charge in [0.05, 0.1) is 12.7 Å². The Morgan fingerprint density at radius 1 is 0.917 bits per heavy atom. The van der Waals surface area contributed by atoms with Crippen molar-refractivity contribution in [3.63, 3.8) is 0 Å². The number of carbonyl (C=O) groups excluding carboxylic acids is 1. The molecular weight excluding hydrogens is 513 g/mol. The molecule has 0 unspecified atom stereocenters. The van der Waals surface area contributed by atoms with Crippen molar-refractivity contribution in [1.29, 1.82) is 0 Å². The maximum Gasteiger partial charge on any atom is 0.523 e. The lowest BCUT2D eigenvalue weighted by atomic mass is 9.92. The van der Waals surface area contributed by atoms with Gasteiger partial charge < -0.3 is 9.53 Å². The van der Waals surface area contributed by atoms with Crippen LogP contribution >= 0.6 is 0 Å². The minimum Gasteiger partial charge on any atom is -0.407 e. The van der Waals surface area contributed by atoms with Gasteiger partial charge in [-0.2, -0.15) is 21.6 Å². The van der Waals surface area contributed by atoms with Crippen LogP contribution in [0.25, 0.3) is 0 Å². The van der Waals surface area contributed by atoms with E-state index < -0.39 is 54.3 Å². The highest BCUT2D eigenvalue weighted by molar-refractivity contribution is 7.87. The highest BCUT2D eigenvalue weighted by Gasteiger charge is 2.51. The Morgan fingerprint density at radius 3 is 1.75 bits per heavy atom. The number of hydrogen-bond donors (Lipinski definition) is 1. The zero-order chi connectivity index (χ0) is 27.4. The van der Waals surface area contributed by atoms with E-state index in [0.29, 0.717) is 0 Å². The first-order valence-electron chi connectivity index (χ1n) is 11.5. The van der Waals surface area contributed by atoms with Gasteiger partial charge in [-0.1, -0.05) is 95.3 Å². The molecule has 0 heterocycles. The normalized spacial score (nSPS) is 15.8. The van der Waals surface area contributed by atoms with Gasteiger partial charge in [0.1, 0.15) is 5.78 Å². The van der Waals surface area contributed by atoms with E-state index in [1.165, 1.54) is 6.92 Å². The topological polar surface area (TPSA) is 89.9 Å². The Morgan fingerprint density at radius 2 is 1.36 bits per heavy atom. The summed E-state index contributed by atoms with van der Waals surface area (Å²) in [5.74, 6) is -2.38. The monoisotopic (exact) mass is 546 g/mol. The zero-order valence-corrected chi connectivity index (χ0v) is 22.8. The first-order chi connectivity index (χ1) is 16.5. The van der Waals surface area contributed by atoms with Gasteiger partial charge in [-0.25, -0.2) is 0 Å². The molecule has 200 valence electrons. The van der Waals surface area contributed by atoms with E-state index in [-0.39, 0.29) is 11.6 Å². The van der Waals surface area contributed by atoms with E-state index in [1.54, 1.807) is 6.92 Å². The average Bonchev–Trinajstić information content (AvgIpc) is 2.81. The second-order valence-corrected chi connectivity index (χ2v) is 15.7. The molecular formula is C25H33F3O6SSi. The molecule has 0 aliphatic heterocycles. The fourth-order valence-corrected chi connectivity index (χ4v) is 9.21. The Bertz CT molecular complexity index is 1060. The van der Waals surface area contributed by atoms with Crippen LogP contribution in [0.2, 0.25) is 5.04 Å². The van der Waals surface area contributed by atoms with Gasteiger partial charge in [-0.15, -0.1) is 0 Å². The maximum absolute atomic E-state index is 13.0. The largest absolute Gasteiger partial charge is 0.523 e. The van der Waals surface area contributed by atoms with Crippen LogP contribution in [0.5, 0.6) is 0 Å². The van der Waals surface area contributed by atoms with Crippen molar-refractivity contribution in [2.45, 2.75) is 51.3 Å². The SMILES string of the molecule is C[C@H](C(=O)[C@@H](C)CO[Si](c1ccccc1)(c1ccccc1)C(C)(C)C)[C@@H](O)COS(=O)(=O)C(F)(F)F. The third kappa shape index (κ3) is 6.63. The van der Waals surface area contributed by atoms with Crippen molar-refractivity contribution in [3.8, 4) is 0 Å². The molecule has 11 heteroatoms. The van der Waals surface area contributed by atoms with E-state index in [2.05, 4.69) is 25.0 Å². The summed E-state index contributed by atoms with van der Waals surface area (Å²) in [5.41, 5.74) is -5.61. The lowest BCUT2D eigenvalue weighted by Crippen LogP contribution is -2.67. The molecule has 0 amide bonds. The highest BCUT2D eigenvalue weighted by Crippen LogP contribution is 2.37. The van der Waals surface area contributed by atoms with Crippen LogP contribution in [-0.2, 0) is 23.5 Å². The smallest absolute Gasteiger partial charge is 0.407 e. The van der Waals surface area contributed by atoms with Crippen molar-refractivity contribution in [2.75, 3.05) is 13.2 Å². The number of alkyl halides is 3. The van der Waals surface area contributed by atoms with Crippen LogP contribution in [0.1, 0.15) is 34.6 Å². The molecule has 1 N–H and O–H groups in total. The molecule has 0 aliphatic rings. The molecule has 36 heavy (non-hydrogen) atoms. The number of hydrogen-bond acceptors (Lipinski definition) is 6. The van der Waals surface area contributed by atoms with Crippen LogP contribution in [0.3, 0.4) is 0 Å². The molecule has 0 spiro atoms. The van der Waals surface area contributed by atoms with Gasteiger partial charge in [0.2, 0.25) is 0 Å². The maximum atomic E-state index is 13.0. The summed E-state index contributed by atoms with van der Waals surface area (Å²) in [6.45, 7) is 7.98. The second kappa shape index (κ2) is 11.6. The van der Waals surface area contributed by atoms with Gasteiger partial charge in [-0.3, -0.25) is 8.98 Å². The molecule has 0 saturated carbocycles. The first kappa shape index (κ1) is 30.2. The van der Waals surface area contributed by atoms with Crippen molar-refractivity contribution >= 4 is 34.6 Å². The summed E-state index contributed by atoms with van der Waals surface area (Å²) in [6.07, 6.45) is -1.75. The van der Waals surface area contributed by atoms with Gasteiger partial charge in [-0.05, 0) is 15.4 Å². The fourth-order valence-electron chi connectivity index (χ4n) is 4.10. The predicted molar refractivity (Wildman–Crippen MR) is 134 cm³/mol. The molecule has 0 saturated heterocycles. The molecule has 0 bridgehead atoms. The van der Waals surface area contributed by atoms with Crippen LogP contribution in [0.4, 0.5) is 13.2 Å². The molecule has 2 aromatic carbocycles. The third-order valence-corrected chi connectivity index (χ3v) is 12.2. The van der Waals surface area contributed by atoms with E-state index in [0.717, 1.165) is 10.4 Å². The Labute approximate surface area is 211 Å². The summed E-state index contributed by atoms with van der Waals surface area (Å²) in [6, 6.07) is 19.5. The third-order valence-electron chi connectivity index (χ3n) is 6.16. The molecule has 3 atom stereocenters. The Hall–Kier alpha value is -2.05. The van der Waals surface area contributed by atoms with Gasteiger partial charge >= 0.3 is 15.6 Å². The fraction of sp³-hybridized carbons (Fsp3) is 0.480. The van der Waals surface area contributed by atoms with Crippen molar-refractivity contribution in [3.05, 3.63) is 60.7 Å². The molecule has 0 radical (unpaired) electrons. The molecule has 0 fully saturated rings. The van der Waals surface area contributed by atoms with E-state index in [4.69, 9.17) is 4.43 Å². The number of Topliss-reactive ketones (excluding diaryl/α,β-unsaturated/α-hetero) is 1. The number of ketones is 1. The number of halogens is 3. The number of benzene rings is 2. The summed E-state index contributed by atoms with van der Waals surface area (Å²) in [7, 11) is -8.79. The summed E-state index contributed by atoms with van der Waals surface area (Å²) >= 11 is 0. The molecule has 2 rings (SSSR count). The molecule has 6 nitrogen and oxygen atoms in total. The molecule has 2 aromatic rings. The van der Waals surface area contributed by atoms with Gasteiger partial charge in [0.15, 0.2) is 0 Å². The number of aliphatic hydroxyl groups excluding tert-OH is 1. The van der Waals surface area contributed by atoms with Crippen LogP contribution in [0.15, 0.2) is 60.7 Å². The second-order valence-electron chi connectivity index (χ2n) is 9.82. The minimum absolute atomic E-state index is 0.00484. The van der Waals surface area contributed by atoms with Crippen molar-refractivity contribution in [1.82, 2.24) is 0 Å². The first-order valence-corrected chi connectivity index (χ1v) is 14.8. The number of carbonyl (C=O) groups is 1. The molecule has 0 aliphatic carbocycles. The highest BCUT2D eigenvalue weighted by atomic mass is 32.2. The molecule has 0 aromatic heterocycles. The average molecular weight is 547 g/mol. The Balaban J connectivity index is 2.25. The van der Waals surface area contributed by atoms with Gasteiger partial charge in [0.25, 0.3) is 8.32 Å². The summed E-state index contributed by atoms with van der Waals surface area (Å²) in [4.78, 5) is 13.0. The lowest BCUT2D eigenvalue weighted by molar-refractivity contribution is -0.130. The zero-order valence-electron chi connectivity index (χ0n) is 21.0. The van der Waals surface area contributed by atoms with E-state index in [9.17, 15) is 31.5 Å². The van der Waals surface area contributed by atoms with Crippen LogP contribution in [0, 0.1) is 11.8 Å². The summed E-state index contributed by atoms with van der Waals surface area (Å²) in [5, 5.41) is 11.9. The lowest BCUT2D eigenvalue weighted by Gasteiger charge is -2.43. The number of aliphatic hydroxyl groups is 1.